The Labute approximate surface area is 113 Å². The molecule has 2 nitrogen and oxygen atoms in total. The van der Waals surface area contributed by atoms with Crippen LogP contribution >= 0.6 is 34.5 Å². The van der Waals surface area contributed by atoms with Crippen molar-refractivity contribution in [1.29, 1.82) is 0 Å². The van der Waals surface area contributed by atoms with Crippen molar-refractivity contribution in [3.05, 3.63) is 45.3 Å². The second-order valence-corrected chi connectivity index (χ2v) is 5.55. The van der Waals surface area contributed by atoms with Crippen LogP contribution in [0.2, 0.25) is 10.0 Å². The number of carbonyl (C=O) groups is 1. The lowest BCUT2D eigenvalue weighted by Crippen LogP contribution is -2.12. The summed E-state index contributed by atoms with van der Waals surface area (Å²) in [6.07, 6.45) is 0.260. The Morgan fingerprint density at radius 1 is 1.24 bits per heavy atom. The Balaban J connectivity index is 2.33. The summed E-state index contributed by atoms with van der Waals surface area (Å²) in [4.78, 5) is 12.7. The molecular formula is C12H9Cl2NOS. The number of halogens is 2. The standard InChI is InChI=1S/C12H9Cl2NOS/c13-7-1-3-9(10(14)5-7)11-4-2-8(17-11)6-12(15)16/h1-5H,6H2,(H2,15,16). The Hall–Kier alpha value is -1.03. The van der Waals surface area contributed by atoms with E-state index in [1.54, 1.807) is 12.1 Å². The zero-order chi connectivity index (χ0) is 12.4. The summed E-state index contributed by atoms with van der Waals surface area (Å²) < 4.78 is 0. The van der Waals surface area contributed by atoms with Crippen LogP contribution in [0.15, 0.2) is 30.3 Å². The van der Waals surface area contributed by atoms with Gasteiger partial charge in [0.05, 0.1) is 11.4 Å². The van der Waals surface area contributed by atoms with Gasteiger partial charge in [-0.05, 0) is 24.3 Å². The fourth-order valence-corrected chi connectivity index (χ4v) is 3.10. The molecule has 0 spiro atoms. The Morgan fingerprint density at radius 2 is 2.00 bits per heavy atom. The van der Waals surface area contributed by atoms with E-state index in [1.807, 2.05) is 18.2 Å². The first-order chi connectivity index (χ1) is 8.06. The average Bonchev–Trinajstić information content (AvgIpc) is 2.65. The number of hydrogen-bond acceptors (Lipinski definition) is 2. The molecule has 1 aromatic heterocycles. The molecule has 0 aliphatic carbocycles. The number of carbonyl (C=O) groups excluding carboxylic acids is 1. The summed E-state index contributed by atoms with van der Waals surface area (Å²) in [5.74, 6) is -0.333. The van der Waals surface area contributed by atoms with Gasteiger partial charge in [-0.2, -0.15) is 0 Å². The number of benzene rings is 1. The third-order valence-corrected chi connectivity index (χ3v) is 3.87. The first-order valence-electron chi connectivity index (χ1n) is 4.88. The van der Waals surface area contributed by atoms with Crippen LogP contribution < -0.4 is 5.73 Å². The molecule has 2 N–H and O–H groups in total. The molecule has 0 saturated heterocycles. The molecule has 0 fully saturated rings. The molecule has 0 aliphatic heterocycles. The van der Waals surface area contributed by atoms with E-state index in [9.17, 15) is 4.79 Å². The number of thiophene rings is 1. The van der Waals surface area contributed by atoms with Gasteiger partial charge in [0.2, 0.25) is 5.91 Å². The van der Waals surface area contributed by atoms with Crippen molar-refractivity contribution in [2.24, 2.45) is 5.73 Å². The maximum Gasteiger partial charge on any atom is 0.222 e. The SMILES string of the molecule is NC(=O)Cc1ccc(-c2ccc(Cl)cc2Cl)s1. The number of hydrogen-bond donors (Lipinski definition) is 1. The second-order valence-electron chi connectivity index (χ2n) is 3.53. The van der Waals surface area contributed by atoms with Crippen molar-refractivity contribution in [3.63, 3.8) is 0 Å². The van der Waals surface area contributed by atoms with Gasteiger partial charge in [-0.1, -0.05) is 29.3 Å². The maximum absolute atomic E-state index is 10.8. The van der Waals surface area contributed by atoms with Crippen molar-refractivity contribution in [3.8, 4) is 10.4 Å². The molecule has 0 atom stereocenters. The van der Waals surface area contributed by atoms with Crippen LogP contribution in [0.1, 0.15) is 4.88 Å². The highest BCUT2D eigenvalue weighted by Gasteiger charge is 2.08. The van der Waals surface area contributed by atoms with Crippen LogP contribution in [0, 0.1) is 0 Å². The minimum atomic E-state index is -0.333. The summed E-state index contributed by atoms with van der Waals surface area (Å²) in [6.45, 7) is 0. The predicted octanol–water partition coefficient (Wildman–Crippen LogP) is 3.75. The van der Waals surface area contributed by atoms with Crippen LogP contribution in [0.25, 0.3) is 10.4 Å². The summed E-state index contributed by atoms with van der Waals surface area (Å²) >= 11 is 13.5. The molecule has 0 aliphatic rings. The first-order valence-corrected chi connectivity index (χ1v) is 6.46. The molecule has 1 heterocycles. The maximum atomic E-state index is 10.8. The predicted molar refractivity (Wildman–Crippen MR) is 72.7 cm³/mol. The van der Waals surface area contributed by atoms with E-state index in [1.165, 1.54) is 11.3 Å². The average molecular weight is 286 g/mol. The second kappa shape index (κ2) is 5.08. The normalized spacial score (nSPS) is 10.5. The van der Waals surface area contributed by atoms with Crippen LogP contribution in [-0.2, 0) is 11.2 Å². The van der Waals surface area contributed by atoms with Gasteiger partial charge in [0.1, 0.15) is 0 Å². The summed E-state index contributed by atoms with van der Waals surface area (Å²) in [6, 6.07) is 9.17. The van der Waals surface area contributed by atoms with Gasteiger partial charge in [-0.3, -0.25) is 4.79 Å². The fourth-order valence-electron chi connectivity index (χ4n) is 1.48. The first kappa shape index (κ1) is 12.4. The summed E-state index contributed by atoms with van der Waals surface area (Å²) in [7, 11) is 0. The highest BCUT2D eigenvalue weighted by Crippen LogP contribution is 2.34. The van der Waals surface area contributed by atoms with Crippen molar-refractivity contribution in [2.45, 2.75) is 6.42 Å². The van der Waals surface area contributed by atoms with E-state index in [2.05, 4.69) is 0 Å². The monoisotopic (exact) mass is 285 g/mol. The van der Waals surface area contributed by atoms with E-state index < -0.39 is 0 Å². The molecule has 88 valence electrons. The molecule has 0 unspecified atom stereocenters. The summed E-state index contributed by atoms with van der Waals surface area (Å²) in [5.41, 5.74) is 6.06. The van der Waals surface area contributed by atoms with E-state index in [4.69, 9.17) is 28.9 Å². The quantitative estimate of drug-likeness (QED) is 0.917. The van der Waals surface area contributed by atoms with Gasteiger partial charge in [0.15, 0.2) is 0 Å². The Kier molecular flexibility index (Phi) is 3.72. The zero-order valence-corrected chi connectivity index (χ0v) is 11.1. The largest absolute Gasteiger partial charge is 0.369 e. The molecule has 0 saturated carbocycles. The lowest BCUT2D eigenvalue weighted by molar-refractivity contribution is -0.117. The van der Waals surface area contributed by atoms with E-state index in [0.29, 0.717) is 10.0 Å². The highest BCUT2D eigenvalue weighted by molar-refractivity contribution is 7.15. The third kappa shape index (κ3) is 3.00. The molecule has 0 bridgehead atoms. The van der Waals surface area contributed by atoms with E-state index in [0.717, 1.165) is 15.3 Å². The molecule has 2 rings (SSSR count). The van der Waals surface area contributed by atoms with Crippen molar-refractivity contribution in [2.75, 3.05) is 0 Å². The van der Waals surface area contributed by atoms with Gasteiger partial charge in [-0.15, -0.1) is 11.3 Å². The number of rotatable bonds is 3. The van der Waals surface area contributed by atoms with Gasteiger partial charge < -0.3 is 5.73 Å². The van der Waals surface area contributed by atoms with Crippen LogP contribution in [0.3, 0.4) is 0 Å². The van der Waals surface area contributed by atoms with Crippen LogP contribution in [0.4, 0.5) is 0 Å². The molecule has 1 aromatic carbocycles. The van der Waals surface area contributed by atoms with Crippen molar-refractivity contribution < 1.29 is 4.79 Å². The molecule has 0 radical (unpaired) electrons. The zero-order valence-electron chi connectivity index (χ0n) is 8.74. The lowest BCUT2D eigenvalue weighted by atomic mass is 10.2. The molecule has 17 heavy (non-hydrogen) atoms. The fraction of sp³-hybridized carbons (Fsp3) is 0.0833. The van der Waals surface area contributed by atoms with Gasteiger partial charge in [0, 0.05) is 20.3 Å². The Morgan fingerprint density at radius 3 is 2.65 bits per heavy atom. The van der Waals surface area contributed by atoms with E-state index >= 15 is 0 Å². The number of primary amides is 1. The van der Waals surface area contributed by atoms with Gasteiger partial charge in [0.25, 0.3) is 0 Å². The molecular weight excluding hydrogens is 277 g/mol. The minimum Gasteiger partial charge on any atom is -0.369 e. The number of amides is 1. The third-order valence-electron chi connectivity index (χ3n) is 2.21. The van der Waals surface area contributed by atoms with Crippen LogP contribution in [0.5, 0.6) is 0 Å². The molecule has 2 aromatic rings. The van der Waals surface area contributed by atoms with Gasteiger partial charge in [-0.25, -0.2) is 0 Å². The minimum absolute atomic E-state index is 0.260. The molecule has 1 amide bonds. The van der Waals surface area contributed by atoms with Crippen LogP contribution in [-0.4, -0.2) is 5.91 Å². The topological polar surface area (TPSA) is 43.1 Å². The van der Waals surface area contributed by atoms with Gasteiger partial charge >= 0.3 is 0 Å². The lowest BCUT2D eigenvalue weighted by Gasteiger charge is -2.01. The highest BCUT2D eigenvalue weighted by atomic mass is 35.5. The Bertz CT molecular complexity index is 565. The van der Waals surface area contributed by atoms with Crippen molar-refractivity contribution in [1.82, 2.24) is 0 Å². The van der Waals surface area contributed by atoms with E-state index in [-0.39, 0.29) is 12.3 Å². The summed E-state index contributed by atoms with van der Waals surface area (Å²) in [5, 5.41) is 1.21. The van der Waals surface area contributed by atoms with Crippen molar-refractivity contribution >= 4 is 40.4 Å². The number of nitrogens with two attached hydrogens (primary N) is 1. The molecule has 5 heteroatoms. The smallest absolute Gasteiger partial charge is 0.222 e.